The van der Waals surface area contributed by atoms with Crippen LogP contribution in [0.4, 0.5) is 5.69 Å². The van der Waals surface area contributed by atoms with Crippen LogP contribution in [-0.4, -0.2) is 23.7 Å². The van der Waals surface area contributed by atoms with Gasteiger partial charge in [0, 0.05) is 30.0 Å². The Bertz CT molecular complexity index is 462. The molecule has 1 unspecified atom stereocenters. The summed E-state index contributed by atoms with van der Waals surface area (Å²) in [6, 6.07) is 7.00. The molecular weight excluding hydrogens is 284 g/mol. The van der Waals surface area contributed by atoms with E-state index in [1.54, 1.807) is 4.90 Å². The number of amides is 2. The van der Waals surface area contributed by atoms with Crippen molar-refractivity contribution in [3.05, 3.63) is 29.8 Å². The van der Waals surface area contributed by atoms with Gasteiger partial charge in [-0.25, -0.2) is 0 Å². The zero-order valence-corrected chi connectivity index (χ0v) is 11.0. The number of fused-ring (bicyclic) bond motifs is 1. The molecule has 1 heterocycles. The number of hydrogen-bond donors (Lipinski definition) is 1. The molecule has 0 aliphatic carbocycles. The summed E-state index contributed by atoms with van der Waals surface area (Å²) < 4.78 is 0. The van der Waals surface area contributed by atoms with Gasteiger partial charge in [0.1, 0.15) is 6.04 Å². The van der Waals surface area contributed by atoms with E-state index < -0.39 is 6.04 Å². The van der Waals surface area contributed by atoms with Gasteiger partial charge in [0.2, 0.25) is 5.91 Å². The first kappa shape index (κ1) is 12.1. The third-order valence-electron chi connectivity index (χ3n) is 2.71. The number of nitrogens with one attached hydrogen (secondary N) is 1. The zero-order valence-electron chi connectivity index (χ0n) is 9.44. The molecule has 0 saturated carbocycles. The Kier molecular flexibility index (Phi) is 3.47. The van der Waals surface area contributed by atoms with Crippen LogP contribution in [0.15, 0.2) is 24.3 Å². The Labute approximate surface area is 108 Å². The molecule has 1 aromatic carbocycles. The van der Waals surface area contributed by atoms with Gasteiger partial charge in [-0.1, -0.05) is 34.1 Å². The van der Waals surface area contributed by atoms with Gasteiger partial charge in [0.15, 0.2) is 0 Å². The van der Waals surface area contributed by atoms with Crippen molar-refractivity contribution in [3.8, 4) is 0 Å². The number of benzene rings is 1. The van der Waals surface area contributed by atoms with Gasteiger partial charge in [-0.15, -0.1) is 0 Å². The molecule has 4 nitrogen and oxygen atoms in total. The first-order chi connectivity index (χ1) is 8.15. The van der Waals surface area contributed by atoms with E-state index in [4.69, 9.17) is 0 Å². The van der Waals surface area contributed by atoms with Gasteiger partial charge >= 0.3 is 0 Å². The summed E-state index contributed by atoms with van der Waals surface area (Å²) in [5, 5.41) is 3.40. The summed E-state index contributed by atoms with van der Waals surface area (Å²) in [7, 11) is 0. The summed E-state index contributed by atoms with van der Waals surface area (Å²) in [4.78, 5) is 25.0. The van der Waals surface area contributed by atoms with E-state index in [0.717, 1.165) is 11.3 Å². The van der Waals surface area contributed by atoms with Crippen LogP contribution >= 0.6 is 15.9 Å². The van der Waals surface area contributed by atoms with E-state index in [1.807, 2.05) is 24.3 Å². The van der Waals surface area contributed by atoms with Crippen molar-refractivity contribution in [2.75, 3.05) is 16.8 Å². The number of para-hydroxylation sites is 1. The Hall–Kier alpha value is -1.36. The molecule has 1 aliphatic rings. The number of nitrogens with zero attached hydrogens (tertiary/aromatic N) is 1. The minimum Gasteiger partial charge on any atom is -0.341 e. The predicted molar refractivity (Wildman–Crippen MR) is 69.1 cm³/mol. The molecule has 0 radical (unpaired) electrons. The fraction of sp³-hybridized carbons (Fsp3) is 0.333. The Balaban J connectivity index is 2.37. The number of rotatable bonds is 3. The minimum absolute atomic E-state index is 0.0687. The van der Waals surface area contributed by atoms with E-state index in [1.165, 1.54) is 6.92 Å². The Morgan fingerprint density at radius 1 is 1.47 bits per heavy atom. The van der Waals surface area contributed by atoms with E-state index in [2.05, 4.69) is 21.2 Å². The normalized spacial score (nSPS) is 18.1. The zero-order chi connectivity index (χ0) is 12.4. The number of alkyl halides is 1. The van der Waals surface area contributed by atoms with Crippen LogP contribution in [0.1, 0.15) is 18.5 Å². The molecule has 1 N–H and O–H groups in total. The molecule has 90 valence electrons. The van der Waals surface area contributed by atoms with Gasteiger partial charge in [-0.05, 0) is 6.07 Å². The smallest absolute Gasteiger partial charge is 0.254 e. The summed E-state index contributed by atoms with van der Waals surface area (Å²) in [6.07, 6.45) is 0. The van der Waals surface area contributed by atoms with E-state index in [9.17, 15) is 9.59 Å². The summed E-state index contributed by atoms with van der Waals surface area (Å²) in [5.41, 5.74) is 1.75. The maximum absolute atomic E-state index is 12.2. The van der Waals surface area contributed by atoms with Crippen LogP contribution < -0.4 is 10.2 Å². The maximum Gasteiger partial charge on any atom is 0.254 e. The van der Waals surface area contributed by atoms with Crippen LogP contribution in [0.5, 0.6) is 0 Å². The number of carbonyl (C=O) groups is 2. The van der Waals surface area contributed by atoms with E-state index in [-0.39, 0.29) is 11.8 Å². The van der Waals surface area contributed by atoms with Gasteiger partial charge in [-0.2, -0.15) is 0 Å². The maximum atomic E-state index is 12.2. The summed E-state index contributed by atoms with van der Waals surface area (Å²) in [5.74, 6) is -0.264. The predicted octanol–water partition coefficient (Wildman–Crippen LogP) is 1.61. The highest BCUT2D eigenvalue weighted by Gasteiger charge is 2.36. The molecule has 1 atom stereocenters. The average molecular weight is 297 g/mol. The molecule has 2 rings (SSSR count). The van der Waals surface area contributed by atoms with Crippen LogP contribution in [0, 0.1) is 0 Å². The summed E-state index contributed by atoms with van der Waals surface area (Å²) >= 11 is 3.33. The lowest BCUT2D eigenvalue weighted by Gasteiger charge is -2.16. The molecule has 1 aliphatic heterocycles. The Morgan fingerprint density at radius 3 is 2.82 bits per heavy atom. The molecule has 1 aromatic rings. The van der Waals surface area contributed by atoms with Crippen molar-refractivity contribution in [2.45, 2.75) is 13.0 Å². The molecule has 0 bridgehead atoms. The molecule has 0 spiro atoms. The lowest BCUT2D eigenvalue weighted by Crippen LogP contribution is -2.37. The monoisotopic (exact) mass is 296 g/mol. The molecule has 0 saturated heterocycles. The van der Waals surface area contributed by atoms with Crippen molar-refractivity contribution in [1.29, 1.82) is 0 Å². The second-order valence-corrected chi connectivity index (χ2v) is 4.66. The van der Waals surface area contributed by atoms with E-state index >= 15 is 0 Å². The second kappa shape index (κ2) is 4.87. The van der Waals surface area contributed by atoms with Crippen molar-refractivity contribution in [1.82, 2.24) is 5.32 Å². The number of hydrogen-bond acceptors (Lipinski definition) is 2. The van der Waals surface area contributed by atoms with Gasteiger partial charge in [-0.3, -0.25) is 9.59 Å². The van der Waals surface area contributed by atoms with Gasteiger partial charge in [0.05, 0.1) is 0 Å². The fourth-order valence-electron chi connectivity index (χ4n) is 2.04. The van der Waals surface area contributed by atoms with Crippen molar-refractivity contribution in [3.63, 3.8) is 0 Å². The lowest BCUT2D eigenvalue weighted by molar-refractivity contribution is -0.126. The standard InChI is InChI=1S/C12H13BrN2O2/c1-8(16)14-11-9-4-2-3-5-10(9)15(7-6-13)12(11)17/h2-5,11H,6-7H2,1H3,(H,14,16). The molecule has 5 heteroatoms. The first-order valence-corrected chi connectivity index (χ1v) is 6.50. The lowest BCUT2D eigenvalue weighted by atomic mass is 10.1. The highest BCUT2D eigenvalue weighted by atomic mass is 79.9. The molecular formula is C12H13BrN2O2. The third-order valence-corrected chi connectivity index (χ3v) is 3.06. The van der Waals surface area contributed by atoms with Crippen molar-refractivity contribution in [2.24, 2.45) is 0 Å². The molecule has 0 aromatic heterocycles. The van der Waals surface area contributed by atoms with Gasteiger partial charge < -0.3 is 10.2 Å². The SMILES string of the molecule is CC(=O)NC1C(=O)N(CCBr)c2ccccc21. The van der Waals surface area contributed by atoms with Gasteiger partial charge in [0.25, 0.3) is 5.91 Å². The average Bonchev–Trinajstić information content (AvgIpc) is 2.55. The van der Waals surface area contributed by atoms with E-state index in [0.29, 0.717) is 11.9 Å². The molecule has 2 amide bonds. The quantitative estimate of drug-likeness (QED) is 0.862. The highest BCUT2D eigenvalue weighted by Crippen LogP contribution is 2.35. The number of carbonyl (C=O) groups excluding carboxylic acids is 2. The van der Waals surface area contributed by atoms with Crippen molar-refractivity contribution < 1.29 is 9.59 Å². The number of anilines is 1. The minimum atomic E-state index is -0.539. The van der Waals surface area contributed by atoms with Crippen LogP contribution in [0.2, 0.25) is 0 Å². The van der Waals surface area contributed by atoms with Crippen LogP contribution in [-0.2, 0) is 9.59 Å². The second-order valence-electron chi connectivity index (χ2n) is 3.87. The first-order valence-electron chi connectivity index (χ1n) is 5.38. The number of halogens is 1. The topological polar surface area (TPSA) is 49.4 Å². The molecule has 17 heavy (non-hydrogen) atoms. The third kappa shape index (κ3) is 2.20. The highest BCUT2D eigenvalue weighted by molar-refractivity contribution is 9.09. The Morgan fingerprint density at radius 2 is 2.18 bits per heavy atom. The largest absolute Gasteiger partial charge is 0.341 e. The fourth-order valence-corrected chi connectivity index (χ4v) is 2.40. The van der Waals surface area contributed by atoms with Crippen molar-refractivity contribution >= 4 is 33.4 Å². The summed E-state index contributed by atoms with van der Waals surface area (Å²) in [6.45, 7) is 2.02. The van der Waals surface area contributed by atoms with Crippen LogP contribution in [0.3, 0.4) is 0 Å². The van der Waals surface area contributed by atoms with Crippen LogP contribution in [0.25, 0.3) is 0 Å². The molecule has 0 fully saturated rings.